The third-order valence-corrected chi connectivity index (χ3v) is 3.41. The molecule has 0 saturated heterocycles. The van der Waals surface area contributed by atoms with Crippen molar-refractivity contribution in [3.05, 3.63) is 35.6 Å². The van der Waals surface area contributed by atoms with Crippen molar-refractivity contribution in [2.24, 2.45) is 4.99 Å². The predicted molar refractivity (Wildman–Crippen MR) is 102 cm³/mol. The molecule has 0 amide bonds. The van der Waals surface area contributed by atoms with Crippen LogP contribution < -0.4 is 10.6 Å². The van der Waals surface area contributed by atoms with Gasteiger partial charge in [0, 0.05) is 20.1 Å². The molecule has 22 heavy (non-hydrogen) atoms. The van der Waals surface area contributed by atoms with E-state index in [1.807, 2.05) is 6.07 Å². The van der Waals surface area contributed by atoms with E-state index in [0.29, 0.717) is 6.54 Å². The number of hydrogen-bond donors (Lipinski definition) is 2. The third-order valence-electron chi connectivity index (χ3n) is 3.41. The summed E-state index contributed by atoms with van der Waals surface area (Å²) in [6.07, 6.45) is 1.07. The first-order valence-corrected chi connectivity index (χ1v) is 7.60. The third kappa shape index (κ3) is 8.53. The monoisotopic (exact) mass is 422 g/mol. The van der Waals surface area contributed by atoms with E-state index in [4.69, 9.17) is 0 Å². The molecule has 0 radical (unpaired) electrons. The van der Waals surface area contributed by atoms with Crippen LogP contribution in [0.2, 0.25) is 0 Å². The molecule has 126 valence electrons. The Kier molecular flexibility index (Phi) is 12.1. The van der Waals surface area contributed by atoms with Crippen LogP contribution in [-0.4, -0.2) is 44.1 Å². The predicted octanol–water partition coefficient (Wildman–Crippen LogP) is 2.84. The lowest BCUT2D eigenvalue weighted by atomic mass is 10.2. The van der Waals surface area contributed by atoms with Crippen LogP contribution in [0.4, 0.5) is 4.39 Å². The minimum absolute atomic E-state index is 0. The highest BCUT2D eigenvalue weighted by Crippen LogP contribution is 2.02. The summed E-state index contributed by atoms with van der Waals surface area (Å²) in [5.74, 6) is 0.537. The lowest BCUT2D eigenvalue weighted by Gasteiger charge is -2.18. The van der Waals surface area contributed by atoms with Crippen LogP contribution in [0.15, 0.2) is 29.3 Å². The van der Waals surface area contributed by atoms with Crippen molar-refractivity contribution in [3.63, 3.8) is 0 Å². The molecule has 0 aliphatic carbocycles. The quantitative estimate of drug-likeness (QED) is 0.293. The number of nitrogens with zero attached hydrogens (tertiary/aromatic N) is 2. The Balaban J connectivity index is 0.00000441. The lowest BCUT2D eigenvalue weighted by Crippen LogP contribution is -2.38. The lowest BCUT2D eigenvalue weighted by molar-refractivity contribution is 0.300. The highest BCUT2D eigenvalue weighted by atomic mass is 127. The Morgan fingerprint density at radius 3 is 2.55 bits per heavy atom. The Bertz CT molecular complexity index is 436. The Hall–Kier alpha value is -0.890. The van der Waals surface area contributed by atoms with Crippen molar-refractivity contribution in [1.29, 1.82) is 0 Å². The largest absolute Gasteiger partial charge is 0.356 e. The van der Waals surface area contributed by atoms with E-state index >= 15 is 0 Å². The second-order valence-corrected chi connectivity index (χ2v) is 4.86. The second-order valence-electron chi connectivity index (χ2n) is 4.86. The molecule has 0 heterocycles. The van der Waals surface area contributed by atoms with Crippen molar-refractivity contribution in [2.45, 2.75) is 26.8 Å². The zero-order valence-corrected chi connectivity index (χ0v) is 16.1. The van der Waals surface area contributed by atoms with Crippen molar-refractivity contribution in [2.75, 3.05) is 33.2 Å². The number of benzene rings is 1. The first-order valence-electron chi connectivity index (χ1n) is 7.60. The van der Waals surface area contributed by atoms with Crippen LogP contribution in [-0.2, 0) is 6.54 Å². The molecular weight excluding hydrogens is 394 g/mol. The van der Waals surface area contributed by atoms with E-state index in [1.165, 1.54) is 12.1 Å². The van der Waals surface area contributed by atoms with E-state index in [9.17, 15) is 4.39 Å². The second kappa shape index (κ2) is 12.6. The zero-order chi connectivity index (χ0) is 15.5. The van der Waals surface area contributed by atoms with E-state index < -0.39 is 0 Å². The minimum atomic E-state index is -0.212. The molecule has 0 bridgehead atoms. The maximum absolute atomic E-state index is 13.1. The first-order chi connectivity index (χ1) is 10.2. The smallest absolute Gasteiger partial charge is 0.191 e. The number of aliphatic imine (C=N–C) groups is 1. The topological polar surface area (TPSA) is 39.7 Å². The van der Waals surface area contributed by atoms with Crippen LogP contribution in [0, 0.1) is 5.82 Å². The summed E-state index contributed by atoms with van der Waals surface area (Å²) in [4.78, 5) is 6.56. The summed E-state index contributed by atoms with van der Waals surface area (Å²) >= 11 is 0. The number of hydrogen-bond acceptors (Lipinski definition) is 2. The van der Waals surface area contributed by atoms with Crippen LogP contribution in [0.25, 0.3) is 0 Å². The molecule has 0 spiro atoms. The van der Waals surface area contributed by atoms with Crippen molar-refractivity contribution in [1.82, 2.24) is 15.5 Å². The van der Waals surface area contributed by atoms with Crippen LogP contribution >= 0.6 is 24.0 Å². The minimum Gasteiger partial charge on any atom is -0.356 e. The molecule has 1 aromatic carbocycles. The van der Waals surface area contributed by atoms with Gasteiger partial charge in [-0.05, 0) is 43.8 Å². The van der Waals surface area contributed by atoms with Crippen LogP contribution in [0.5, 0.6) is 0 Å². The number of guanidine groups is 1. The Morgan fingerprint density at radius 2 is 1.95 bits per heavy atom. The van der Waals surface area contributed by atoms with Gasteiger partial charge in [-0.25, -0.2) is 4.39 Å². The van der Waals surface area contributed by atoms with E-state index in [1.54, 1.807) is 13.1 Å². The van der Waals surface area contributed by atoms with Crippen LogP contribution in [0.3, 0.4) is 0 Å². The SMILES string of the molecule is CCN(CC)CCCNC(=NC)NCc1cccc(F)c1.I. The molecule has 0 aliphatic rings. The highest BCUT2D eigenvalue weighted by Gasteiger charge is 2.01. The maximum Gasteiger partial charge on any atom is 0.191 e. The van der Waals surface area contributed by atoms with Gasteiger partial charge in [-0.3, -0.25) is 4.99 Å². The molecule has 2 N–H and O–H groups in total. The summed E-state index contributed by atoms with van der Waals surface area (Å²) in [7, 11) is 1.74. The molecule has 0 atom stereocenters. The molecule has 1 rings (SSSR count). The number of halogens is 2. The molecule has 6 heteroatoms. The summed E-state index contributed by atoms with van der Waals surface area (Å²) < 4.78 is 13.1. The molecule has 0 unspecified atom stereocenters. The fraction of sp³-hybridized carbons (Fsp3) is 0.562. The van der Waals surface area contributed by atoms with E-state index in [2.05, 4.69) is 34.4 Å². The van der Waals surface area contributed by atoms with Gasteiger partial charge in [0.25, 0.3) is 0 Å². The first kappa shape index (κ1) is 21.1. The van der Waals surface area contributed by atoms with Gasteiger partial charge in [-0.2, -0.15) is 0 Å². The Labute approximate surface area is 150 Å². The molecule has 0 fully saturated rings. The number of rotatable bonds is 8. The van der Waals surface area contributed by atoms with Gasteiger partial charge in [0.05, 0.1) is 0 Å². The molecule has 0 saturated carbocycles. The van der Waals surface area contributed by atoms with Gasteiger partial charge in [0.2, 0.25) is 0 Å². The standard InChI is InChI=1S/C16H27FN4.HI/c1-4-21(5-2)11-7-10-19-16(18-3)20-13-14-8-6-9-15(17)12-14;/h6,8-9,12H,4-5,7,10-11,13H2,1-3H3,(H2,18,19,20);1H. The fourth-order valence-corrected chi connectivity index (χ4v) is 2.10. The maximum atomic E-state index is 13.1. The van der Waals surface area contributed by atoms with Gasteiger partial charge in [0.1, 0.15) is 5.82 Å². The molecule has 0 aromatic heterocycles. The molecule has 1 aromatic rings. The van der Waals surface area contributed by atoms with Crippen molar-refractivity contribution >= 4 is 29.9 Å². The Morgan fingerprint density at radius 1 is 1.23 bits per heavy atom. The van der Waals surface area contributed by atoms with E-state index in [0.717, 1.165) is 44.1 Å². The van der Waals surface area contributed by atoms with Crippen molar-refractivity contribution < 1.29 is 4.39 Å². The van der Waals surface area contributed by atoms with Gasteiger partial charge < -0.3 is 15.5 Å². The van der Waals surface area contributed by atoms with Crippen molar-refractivity contribution in [3.8, 4) is 0 Å². The summed E-state index contributed by atoms with van der Waals surface area (Å²) in [6.45, 7) is 9.05. The average Bonchev–Trinajstić information content (AvgIpc) is 2.50. The van der Waals surface area contributed by atoms with Gasteiger partial charge in [0.15, 0.2) is 5.96 Å². The highest BCUT2D eigenvalue weighted by molar-refractivity contribution is 14.0. The number of nitrogens with one attached hydrogen (secondary N) is 2. The van der Waals surface area contributed by atoms with E-state index in [-0.39, 0.29) is 29.8 Å². The summed E-state index contributed by atoms with van der Waals surface area (Å²) in [6, 6.07) is 6.58. The zero-order valence-electron chi connectivity index (χ0n) is 13.7. The van der Waals surface area contributed by atoms with Crippen LogP contribution in [0.1, 0.15) is 25.8 Å². The van der Waals surface area contributed by atoms with Gasteiger partial charge in [-0.1, -0.05) is 26.0 Å². The molecular formula is C16H28FIN4. The summed E-state index contributed by atoms with van der Waals surface area (Å²) in [5, 5.41) is 6.46. The fourth-order valence-electron chi connectivity index (χ4n) is 2.10. The summed E-state index contributed by atoms with van der Waals surface area (Å²) in [5.41, 5.74) is 0.904. The van der Waals surface area contributed by atoms with Gasteiger partial charge >= 0.3 is 0 Å². The average molecular weight is 422 g/mol. The molecule has 0 aliphatic heterocycles. The van der Waals surface area contributed by atoms with Gasteiger partial charge in [-0.15, -0.1) is 24.0 Å². The molecule has 4 nitrogen and oxygen atoms in total. The normalized spacial score (nSPS) is 11.2.